The molecule has 0 aliphatic carbocycles. The largest absolute Gasteiger partial charge is 0.493 e. The van der Waals surface area contributed by atoms with E-state index in [1.807, 2.05) is 13.0 Å². The molecular weight excluding hydrogens is 620 g/mol. The third-order valence-electron chi connectivity index (χ3n) is 7.59. The Balaban J connectivity index is 0.00000213. The molecule has 272 valence electrons. The van der Waals surface area contributed by atoms with Crippen LogP contribution < -0.4 is 4.74 Å². The standard InChI is InChI=1S/C31H46O8.C6H12O3/c1-2-3-4-5-6-7-8-9-10-11-12-13-14-17-22-38-27-19-16-15-18-25(27)20-21-29(34)39-30(35)24-26(31(36)37)23-28(32)33;1-2-3-4-5(7)6(8)9/h15-16,18-21,26H,2-14,17,22-24H2,1H3,(H,32,33)(H,36,37);5,7H,2-4H2,1H3,(H,8,9). The lowest BCUT2D eigenvalue weighted by Gasteiger charge is -2.09. The molecule has 11 nitrogen and oxygen atoms in total. The Kier molecular flexibility index (Phi) is 27.1. The van der Waals surface area contributed by atoms with Gasteiger partial charge in [-0.05, 0) is 25.0 Å². The van der Waals surface area contributed by atoms with Crippen LogP contribution in [0.1, 0.15) is 141 Å². The zero-order valence-corrected chi connectivity index (χ0v) is 28.9. The molecule has 1 aromatic rings. The molecule has 0 heterocycles. The molecule has 0 radical (unpaired) electrons. The molecule has 1 rings (SSSR count). The summed E-state index contributed by atoms with van der Waals surface area (Å²) in [4.78, 5) is 55.6. The number of carbonyl (C=O) groups is 5. The Morgan fingerprint density at radius 2 is 1.21 bits per heavy atom. The summed E-state index contributed by atoms with van der Waals surface area (Å²) in [5, 5.41) is 34.6. The first-order valence-electron chi connectivity index (χ1n) is 17.5. The SMILES string of the molecule is CCCCC(O)C(=O)O.CCCCCCCCCCCCCCCCOc1ccccc1C=CC(=O)OC(=O)CC(CC(=O)O)C(=O)O. The maximum atomic E-state index is 12.0. The monoisotopic (exact) mass is 678 g/mol. The van der Waals surface area contributed by atoms with E-state index in [9.17, 15) is 24.0 Å². The van der Waals surface area contributed by atoms with Crippen LogP contribution in [0.4, 0.5) is 0 Å². The molecular formula is C37H58O11. The number of hydrogen-bond acceptors (Lipinski definition) is 8. The van der Waals surface area contributed by atoms with Crippen LogP contribution in [-0.4, -0.2) is 63.0 Å². The minimum Gasteiger partial charge on any atom is -0.493 e. The topological polar surface area (TPSA) is 185 Å². The number of rotatable bonds is 27. The van der Waals surface area contributed by atoms with Crippen molar-refractivity contribution in [1.82, 2.24) is 0 Å². The molecule has 0 aliphatic heterocycles. The van der Waals surface area contributed by atoms with Crippen molar-refractivity contribution < 1.29 is 53.9 Å². The minimum atomic E-state index is -1.46. The molecule has 4 N–H and O–H groups in total. The predicted octanol–water partition coefficient (Wildman–Crippen LogP) is 7.82. The Labute approximate surface area is 285 Å². The van der Waals surface area contributed by atoms with E-state index in [1.165, 1.54) is 83.1 Å². The average Bonchev–Trinajstić information content (AvgIpc) is 3.04. The van der Waals surface area contributed by atoms with Gasteiger partial charge >= 0.3 is 29.8 Å². The molecule has 0 amide bonds. The molecule has 2 atom stereocenters. The summed E-state index contributed by atoms with van der Waals surface area (Å²) in [5.74, 6) is -6.84. The third kappa shape index (κ3) is 25.4. The molecule has 11 heteroatoms. The highest BCUT2D eigenvalue weighted by molar-refractivity contribution is 5.96. The van der Waals surface area contributed by atoms with Gasteiger partial charge in [-0.2, -0.15) is 0 Å². The number of carboxylic acid groups (broad SMARTS) is 3. The maximum absolute atomic E-state index is 12.0. The molecule has 0 saturated heterocycles. The second-order valence-corrected chi connectivity index (χ2v) is 11.9. The number of benzene rings is 1. The number of unbranched alkanes of at least 4 members (excludes halogenated alkanes) is 14. The van der Waals surface area contributed by atoms with Crippen LogP contribution in [0.3, 0.4) is 0 Å². The Morgan fingerprint density at radius 1 is 0.688 bits per heavy atom. The van der Waals surface area contributed by atoms with E-state index in [1.54, 1.807) is 18.2 Å². The number of carboxylic acids is 3. The highest BCUT2D eigenvalue weighted by Crippen LogP contribution is 2.20. The second kappa shape index (κ2) is 29.4. The number of aliphatic hydroxyl groups is 1. The Morgan fingerprint density at radius 3 is 1.71 bits per heavy atom. The van der Waals surface area contributed by atoms with Gasteiger partial charge in [0.05, 0.1) is 25.4 Å². The van der Waals surface area contributed by atoms with Crippen LogP contribution in [0.15, 0.2) is 30.3 Å². The quantitative estimate of drug-likeness (QED) is 0.0308. The number of ether oxygens (including phenoxy) is 2. The number of aliphatic hydroxyl groups excluding tert-OH is 1. The van der Waals surface area contributed by atoms with E-state index in [-0.39, 0.29) is 0 Å². The normalized spacial score (nSPS) is 12.1. The van der Waals surface area contributed by atoms with Gasteiger partial charge in [0.2, 0.25) is 0 Å². The lowest BCUT2D eigenvalue weighted by molar-refractivity contribution is -0.160. The van der Waals surface area contributed by atoms with Gasteiger partial charge in [-0.15, -0.1) is 0 Å². The van der Waals surface area contributed by atoms with Gasteiger partial charge in [0, 0.05) is 11.6 Å². The van der Waals surface area contributed by atoms with Gasteiger partial charge < -0.3 is 29.9 Å². The van der Waals surface area contributed by atoms with Crippen LogP contribution in [0.25, 0.3) is 6.08 Å². The van der Waals surface area contributed by atoms with Crippen molar-refractivity contribution in [1.29, 1.82) is 0 Å². The van der Waals surface area contributed by atoms with Crippen molar-refractivity contribution in [3.8, 4) is 5.75 Å². The zero-order valence-electron chi connectivity index (χ0n) is 28.9. The number of esters is 2. The van der Waals surface area contributed by atoms with E-state index >= 15 is 0 Å². The Hall–Kier alpha value is -3.73. The molecule has 2 unspecified atom stereocenters. The van der Waals surface area contributed by atoms with Crippen LogP contribution in [-0.2, 0) is 28.7 Å². The maximum Gasteiger partial charge on any atom is 0.338 e. The smallest absolute Gasteiger partial charge is 0.338 e. The number of aliphatic carboxylic acids is 3. The van der Waals surface area contributed by atoms with Gasteiger partial charge in [0.15, 0.2) is 6.10 Å². The first kappa shape index (κ1) is 44.3. The molecule has 0 saturated carbocycles. The van der Waals surface area contributed by atoms with Crippen molar-refractivity contribution in [2.75, 3.05) is 6.61 Å². The number of para-hydroxylation sites is 1. The van der Waals surface area contributed by atoms with Crippen molar-refractivity contribution in [2.24, 2.45) is 5.92 Å². The average molecular weight is 679 g/mol. The van der Waals surface area contributed by atoms with Crippen molar-refractivity contribution in [3.05, 3.63) is 35.9 Å². The fraction of sp³-hybridized carbons (Fsp3) is 0.649. The van der Waals surface area contributed by atoms with Crippen molar-refractivity contribution in [3.63, 3.8) is 0 Å². The summed E-state index contributed by atoms with van der Waals surface area (Å²) in [6.45, 7) is 4.77. The van der Waals surface area contributed by atoms with Gasteiger partial charge in [0.25, 0.3) is 0 Å². The highest BCUT2D eigenvalue weighted by Gasteiger charge is 2.25. The van der Waals surface area contributed by atoms with Crippen LogP contribution in [0.5, 0.6) is 5.75 Å². The first-order chi connectivity index (χ1) is 23.0. The predicted molar refractivity (Wildman–Crippen MR) is 184 cm³/mol. The third-order valence-corrected chi connectivity index (χ3v) is 7.59. The number of hydrogen-bond donors (Lipinski definition) is 4. The van der Waals surface area contributed by atoms with Crippen molar-refractivity contribution >= 4 is 35.9 Å². The molecule has 0 aliphatic rings. The van der Waals surface area contributed by atoms with E-state index in [4.69, 9.17) is 25.2 Å². The summed E-state index contributed by atoms with van der Waals surface area (Å²) in [7, 11) is 0. The zero-order chi connectivity index (χ0) is 36.0. The Bertz CT molecular complexity index is 1080. The number of carbonyl (C=O) groups excluding carboxylic acids is 2. The summed E-state index contributed by atoms with van der Waals surface area (Å²) < 4.78 is 10.5. The van der Waals surface area contributed by atoms with E-state index in [0.29, 0.717) is 24.3 Å². The molecule has 48 heavy (non-hydrogen) atoms. The second-order valence-electron chi connectivity index (χ2n) is 11.9. The molecule has 1 aromatic carbocycles. The molecule has 0 aromatic heterocycles. The molecule has 0 bridgehead atoms. The van der Waals surface area contributed by atoms with Gasteiger partial charge in [-0.3, -0.25) is 14.4 Å². The minimum absolute atomic E-state index is 0.367. The van der Waals surface area contributed by atoms with Crippen LogP contribution >= 0.6 is 0 Å². The lowest BCUT2D eigenvalue weighted by Crippen LogP contribution is -2.23. The summed E-state index contributed by atoms with van der Waals surface area (Å²) in [5.41, 5.74) is 0.640. The lowest BCUT2D eigenvalue weighted by atomic mass is 10.0. The van der Waals surface area contributed by atoms with Crippen LogP contribution in [0, 0.1) is 5.92 Å². The fourth-order valence-electron chi connectivity index (χ4n) is 4.75. The van der Waals surface area contributed by atoms with Crippen LogP contribution in [0.2, 0.25) is 0 Å². The molecule has 0 spiro atoms. The first-order valence-corrected chi connectivity index (χ1v) is 17.5. The van der Waals surface area contributed by atoms with E-state index < -0.39 is 54.7 Å². The summed E-state index contributed by atoms with van der Waals surface area (Å²) in [6, 6.07) is 7.18. The van der Waals surface area contributed by atoms with Gasteiger partial charge in [-0.25, -0.2) is 9.59 Å². The summed E-state index contributed by atoms with van der Waals surface area (Å²) in [6.07, 6.45) is 20.0. The highest BCUT2D eigenvalue weighted by atomic mass is 16.6. The van der Waals surface area contributed by atoms with E-state index in [2.05, 4.69) is 11.7 Å². The van der Waals surface area contributed by atoms with Crippen molar-refractivity contribution in [2.45, 2.75) is 142 Å². The van der Waals surface area contributed by atoms with E-state index in [0.717, 1.165) is 31.8 Å². The summed E-state index contributed by atoms with van der Waals surface area (Å²) >= 11 is 0. The molecule has 0 fully saturated rings. The van der Waals surface area contributed by atoms with Gasteiger partial charge in [-0.1, -0.05) is 128 Å². The van der Waals surface area contributed by atoms with Gasteiger partial charge in [0.1, 0.15) is 5.75 Å². The fourth-order valence-corrected chi connectivity index (χ4v) is 4.75.